The molecule has 0 saturated carbocycles. The standard InChI is InChI=1S/C26H29ClN4O4/c1-29-8-10-30(11-9-29)15-18-4-2-17(3-5-18)12-25(34)31-7-6-22-20(16-31)26(35-28-22)19-13-21(27)24(33)14-23(19)32/h2-5,13-14,32-33H,6-12,15-16H2,1H3. The normalized spacial score (nSPS) is 16.9. The molecule has 3 aromatic rings. The van der Waals surface area contributed by atoms with Crippen LogP contribution in [0.25, 0.3) is 11.3 Å². The first kappa shape index (κ1) is 23.7. The number of likely N-dealkylation sites (N-methyl/N-ethyl adjacent to an activating group) is 1. The van der Waals surface area contributed by atoms with E-state index in [1.807, 2.05) is 12.1 Å². The zero-order valence-electron chi connectivity index (χ0n) is 19.7. The molecule has 184 valence electrons. The van der Waals surface area contributed by atoms with E-state index in [1.54, 1.807) is 4.90 Å². The van der Waals surface area contributed by atoms with Crippen LogP contribution in [0.15, 0.2) is 40.9 Å². The molecule has 0 aliphatic carbocycles. The molecule has 5 rings (SSSR count). The second kappa shape index (κ2) is 9.89. The van der Waals surface area contributed by atoms with E-state index in [2.05, 4.69) is 34.1 Å². The summed E-state index contributed by atoms with van der Waals surface area (Å²) in [7, 11) is 2.16. The minimum atomic E-state index is -0.215. The first-order valence-electron chi connectivity index (χ1n) is 11.8. The van der Waals surface area contributed by atoms with Gasteiger partial charge in [-0.1, -0.05) is 41.0 Å². The molecule has 2 aromatic carbocycles. The lowest BCUT2D eigenvalue weighted by atomic mass is 10.00. The maximum Gasteiger partial charge on any atom is 0.227 e. The molecule has 9 heteroatoms. The van der Waals surface area contributed by atoms with Crippen molar-refractivity contribution in [3.63, 3.8) is 0 Å². The zero-order chi connectivity index (χ0) is 24.5. The molecule has 2 aliphatic heterocycles. The minimum Gasteiger partial charge on any atom is -0.507 e. The van der Waals surface area contributed by atoms with Gasteiger partial charge in [-0.2, -0.15) is 0 Å². The third kappa shape index (κ3) is 5.15. The topological polar surface area (TPSA) is 93.3 Å². The average Bonchev–Trinajstić information content (AvgIpc) is 3.27. The van der Waals surface area contributed by atoms with Gasteiger partial charge in [-0.3, -0.25) is 9.69 Å². The SMILES string of the molecule is CN1CCN(Cc2ccc(CC(=O)N3CCc4noc(-c5cc(Cl)c(O)cc5O)c4C3)cc2)CC1. The summed E-state index contributed by atoms with van der Waals surface area (Å²) in [6.45, 7) is 6.17. The Labute approximate surface area is 209 Å². The van der Waals surface area contributed by atoms with Gasteiger partial charge in [0.15, 0.2) is 5.76 Å². The van der Waals surface area contributed by atoms with Gasteiger partial charge < -0.3 is 24.5 Å². The van der Waals surface area contributed by atoms with Crippen molar-refractivity contribution in [3.05, 3.63) is 63.8 Å². The van der Waals surface area contributed by atoms with Gasteiger partial charge in [-0.05, 0) is 24.2 Å². The first-order chi connectivity index (χ1) is 16.9. The summed E-state index contributed by atoms with van der Waals surface area (Å²) in [5.41, 5.74) is 4.10. The summed E-state index contributed by atoms with van der Waals surface area (Å²) in [5.74, 6) is 0.0198. The number of carbonyl (C=O) groups is 1. The van der Waals surface area contributed by atoms with Crippen LogP contribution in [0, 0.1) is 0 Å². The Hall–Kier alpha value is -3.07. The van der Waals surface area contributed by atoms with Crippen LogP contribution in [0.3, 0.4) is 0 Å². The number of aromatic hydroxyl groups is 2. The quantitative estimate of drug-likeness (QED) is 0.560. The number of nitrogens with zero attached hydrogens (tertiary/aromatic N) is 4. The van der Waals surface area contributed by atoms with Gasteiger partial charge in [-0.25, -0.2) is 0 Å². The molecule has 1 aromatic heterocycles. The number of phenols is 2. The lowest BCUT2D eigenvalue weighted by molar-refractivity contribution is -0.131. The molecule has 8 nitrogen and oxygen atoms in total. The number of rotatable bonds is 5. The van der Waals surface area contributed by atoms with Crippen LogP contribution in [-0.4, -0.2) is 75.7 Å². The molecular weight excluding hydrogens is 468 g/mol. The second-order valence-corrected chi connectivity index (χ2v) is 9.80. The molecule has 0 atom stereocenters. The first-order valence-corrected chi connectivity index (χ1v) is 12.2. The fourth-order valence-corrected chi connectivity index (χ4v) is 4.85. The lowest BCUT2D eigenvalue weighted by Crippen LogP contribution is -2.43. The van der Waals surface area contributed by atoms with Crippen molar-refractivity contribution in [2.75, 3.05) is 39.8 Å². The number of hydrogen-bond donors (Lipinski definition) is 2. The summed E-state index contributed by atoms with van der Waals surface area (Å²) in [5, 5.41) is 24.3. The smallest absolute Gasteiger partial charge is 0.227 e. The monoisotopic (exact) mass is 496 g/mol. The number of hydrogen-bond acceptors (Lipinski definition) is 7. The van der Waals surface area contributed by atoms with Gasteiger partial charge in [0.2, 0.25) is 5.91 Å². The summed E-state index contributed by atoms with van der Waals surface area (Å²) in [4.78, 5) is 19.7. The molecule has 0 spiro atoms. The minimum absolute atomic E-state index is 0.0302. The van der Waals surface area contributed by atoms with E-state index in [0.717, 1.165) is 49.5 Å². The van der Waals surface area contributed by atoms with Crippen LogP contribution in [-0.2, 0) is 30.7 Å². The third-order valence-corrected chi connectivity index (χ3v) is 7.18. The molecule has 2 N–H and O–H groups in total. The number of carbonyl (C=O) groups excluding carboxylic acids is 1. The molecule has 3 heterocycles. The highest BCUT2D eigenvalue weighted by Crippen LogP contribution is 2.40. The van der Waals surface area contributed by atoms with Crippen LogP contribution in [0.2, 0.25) is 5.02 Å². The Morgan fingerprint density at radius 3 is 2.49 bits per heavy atom. The van der Waals surface area contributed by atoms with E-state index in [9.17, 15) is 15.0 Å². The van der Waals surface area contributed by atoms with Crippen molar-refractivity contribution < 1.29 is 19.5 Å². The summed E-state index contributed by atoms with van der Waals surface area (Å²) < 4.78 is 5.51. The van der Waals surface area contributed by atoms with Crippen molar-refractivity contribution in [1.29, 1.82) is 0 Å². The van der Waals surface area contributed by atoms with E-state index >= 15 is 0 Å². The highest BCUT2D eigenvalue weighted by molar-refractivity contribution is 6.32. The number of piperazine rings is 1. The van der Waals surface area contributed by atoms with Crippen molar-refractivity contribution in [3.8, 4) is 22.8 Å². The molecule has 1 amide bonds. The Kier molecular flexibility index (Phi) is 6.69. The Balaban J connectivity index is 1.24. The van der Waals surface area contributed by atoms with Crippen LogP contribution in [0.1, 0.15) is 22.4 Å². The lowest BCUT2D eigenvalue weighted by Gasteiger charge is -2.32. The zero-order valence-corrected chi connectivity index (χ0v) is 20.5. The van der Waals surface area contributed by atoms with Crippen LogP contribution in [0.4, 0.5) is 0 Å². The third-order valence-electron chi connectivity index (χ3n) is 6.88. The number of amides is 1. The fraction of sp³-hybridized carbons (Fsp3) is 0.385. The Bertz CT molecular complexity index is 1220. The Morgan fingerprint density at radius 2 is 1.74 bits per heavy atom. The average molecular weight is 497 g/mol. The summed E-state index contributed by atoms with van der Waals surface area (Å²) in [6.07, 6.45) is 0.891. The number of aromatic nitrogens is 1. The maximum absolute atomic E-state index is 13.1. The van der Waals surface area contributed by atoms with Gasteiger partial charge in [0.05, 0.1) is 29.2 Å². The molecule has 1 saturated heterocycles. The van der Waals surface area contributed by atoms with Crippen LogP contribution >= 0.6 is 11.6 Å². The van der Waals surface area contributed by atoms with E-state index in [1.165, 1.54) is 17.7 Å². The van der Waals surface area contributed by atoms with Gasteiger partial charge in [0, 0.05) is 57.3 Å². The van der Waals surface area contributed by atoms with E-state index in [-0.39, 0.29) is 22.4 Å². The van der Waals surface area contributed by atoms with Gasteiger partial charge >= 0.3 is 0 Å². The number of phenolic OH excluding ortho intramolecular Hbond substituents is 2. The van der Waals surface area contributed by atoms with Crippen LogP contribution in [0.5, 0.6) is 11.5 Å². The number of halogens is 1. The van der Waals surface area contributed by atoms with Gasteiger partial charge in [0.1, 0.15) is 11.5 Å². The van der Waals surface area contributed by atoms with Crippen molar-refractivity contribution in [2.24, 2.45) is 0 Å². The van der Waals surface area contributed by atoms with Crippen molar-refractivity contribution >= 4 is 17.5 Å². The molecule has 1 fully saturated rings. The highest BCUT2D eigenvalue weighted by atomic mass is 35.5. The summed E-state index contributed by atoms with van der Waals surface area (Å²) in [6, 6.07) is 10.9. The number of fused-ring (bicyclic) bond motifs is 1. The number of benzene rings is 2. The molecular formula is C26H29ClN4O4. The largest absolute Gasteiger partial charge is 0.507 e. The van der Waals surface area contributed by atoms with Crippen LogP contribution < -0.4 is 0 Å². The fourth-order valence-electron chi connectivity index (χ4n) is 4.68. The molecule has 0 unspecified atom stereocenters. The van der Waals surface area contributed by atoms with Gasteiger partial charge in [0.25, 0.3) is 0 Å². The molecule has 0 bridgehead atoms. The predicted octanol–water partition coefficient (Wildman–Crippen LogP) is 3.28. The Morgan fingerprint density at radius 1 is 1.03 bits per heavy atom. The molecule has 0 radical (unpaired) electrons. The second-order valence-electron chi connectivity index (χ2n) is 9.40. The molecule has 2 aliphatic rings. The van der Waals surface area contributed by atoms with Crippen molar-refractivity contribution in [1.82, 2.24) is 19.9 Å². The maximum atomic E-state index is 13.1. The predicted molar refractivity (Wildman–Crippen MR) is 132 cm³/mol. The summed E-state index contributed by atoms with van der Waals surface area (Å²) >= 11 is 6.03. The van der Waals surface area contributed by atoms with Gasteiger partial charge in [-0.15, -0.1) is 0 Å². The molecule has 35 heavy (non-hydrogen) atoms. The van der Waals surface area contributed by atoms with E-state index in [0.29, 0.717) is 37.3 Å². The van der Waals surface area contributed by atoms with Crippen molar-refractivity contribution in [2.45, 2.75) is 25.9 Å². The van der Waals surface area contributed by atoms with E-state index in [4.69, 9.17) is 16.1 Å². The van der Waals surface area contributed by atoms with E-state index < -0.39 is 0 Å². The highest BCUT2D eigenvalue weighted by Gasteiger charge is 2.29.